The van der Waals surface area contributed by atoms with Gasteiger partial charge in [-0.25, -0.2) is 4.39 Å². The van der Waals surface area contributed by atoms with Crippen LogP contribution in [-0.4, -0.2) is 27.2 Å². The van der Waals surface area contributed by atoms with Crippen molar-refractivity contribution in [1.29, 1.82) is 5.26 Å². The number of hydrogen-bond acceptors (Lipinski definition) is 5. The average Bonchev–Trinajstić information content (AvgIpc) is 2.38. The molecule has 2 unspecified atom stereocenters. The molecule has 6 heteroatoms. The third-order valence-corrected chi connectivity index (χ3v) is 3.60. The van der Waals surface area contributed by atoms with Crippen LogP contribution in [0.15, 0.2) is 18.2 Å². The number of carbonyl (C=O) groups excluding carboxylic acids is 1. The zero-order valence-electron chi connectivity index (χ0n) is 11.0. The normalized spacial score (nSPS) is 13.6. The van der Waals surface area contributed by atoms with Gasteiger partial charge in [0.25, 0.3) is 0 Å². The molecule has 2 N–H and O–H groups in total. The Morgan fingerprint density at radius 3 is 2.75 bits per heavy atom. The maximum absolute atomic E-state index is 13.8. The highest BCUT2D eigenvalue weighted by Gasteiger charge is 2.21. The van der Waals surface area contributed by atoms with E-state index in [2.05, 4.69) is 0 Å². The summed E-state index contributed by atoms with van der Waals surface area (Å²) in [6.45, 7) is 1.42. The van der Waals surface area contributed by atoms with Crippen LogP contribution in [0, 0.1) is 17.1 Å². The van der Waals surface area contributed by atoms with E-state index in [1.54, 1.807) is 6.07 Å². The topological polar surface area (TPSA) is 81.3 Å². The summed E-state index contributed by atoms with van der Waals surface area (Å²) in [5.74, 6) is -0.287. The molecule has 0 amide bonds. The van der Waals surface area contributed by atoms with Crippen LogP contribution in [-0.2, 0) is 11.2 Å². The van der Waals surface area contributed by atoms with Gasteiger partial charge in [0.15, 0.2) is 5.12 Å². The highest BCUT2D eigenvalue weighted by Crippen LogP contribution is 2.24. The number of nitrogens with zero attached hydrogens (tertiary/aromatic N) is 1. The Balaban J connectivity index is 2.69. The second-order valence-electron chi connectivity index (χ2n) is 4.33. The lowest BCUT2D eigenvalue weighted by molar-refractivity contribution is -0.109. The molecule has 1 aromatic carbocycles. The highest BCUT2D eigenvalue weighted by atomic mass is 32.2. The molecular formula is C14H16FNO3S. The van der Waals surface area contributed by atoms with Gasteiger partial charge in [-0.1, -0.05) is 23.9 Å². The lowest BCUT2D eigenvalue weighted by atomic mass is 10.00. The molecule has 0 bridgehead atoms. The first-order chi connectivity index (χ1) is 9.45. The van der Waals surface area contributed by atoms with Gasteiger partial charge in [0.05, 0.1) is 18.6 Å². The molecule has 0 aliphatic heterocycles. The number of aliphatic hydroxyl groups excluding tert-OH is 2. The zero-order chi connectivity index (χ0) is 15.1. The number of hydrogen-bond donors (Lipinski definition) is 2. The molecule has 0 spiro atoms. The molecule has 0 radical (unpaired) electrons. The maximum atomic E-state index is 13.8. The fourth-order valence-corrected chi connectivity index (χ4v) is 2.35. The Hall–Kier alpha value is -1.42. The molecule has 4 nitrogen and oxygen atoms in total. The third-order valence-electron chi connectivity index (χ3n) is 2.75. The van der Waals surface area contributed by atoms with Gasteiger partial charge in [-0.2, -0.15) is 5.26 Å². The number of benzene rings is 1. The van der Waals surface area contributed by atoms with Crippen molar-refractivity contribution < 1.29 is 19.4 Å². The zero-order valence-corrected chi connectivity index (χ0v) is 11.9. The SMILES string of the molecule is CC(=O)SCCC(O)C(O)c1ccc(CC#N)cc1F. The van der Waals surface area contributed by atoms with E-state index >= 15 is 0 Å². The molecule has 1 aromatic rings. The Bertz CT molecular complexity index is 516. The van der Waals surface area contributed by atoms with E-state index in [9.17, 15) is 19.4 Å². The Morgan fingerprint density at radius 2 is 2.20 bits per heavy atom. The fraction of sp³-hybridized carbons (Fsp3) is 0.429. The van der Waals surface area contributed by atoms with Crippen molar-refractivity contribution in [2.45, 2.75) is 32.0 Å². The van der Waals surface area contributed by atoms with Crippen LogP contribution in [0.5, 0.6) is 0 Å². The van der Waals surface area contributed by atoms with Gasteiger partial charge >= 0.3 is 0 Å². The van der Waals surface area contributed by atoms with Crippen LogP contribution in [0.3, 0.4) is 0 Å². The van der Waals surface area contributed by atoms with Crippen molar-refractivity contribution >= 4 is 16.9 Å². The molecule has 0 fully saturated rings. The van der Waals surface area contributed by atoms with Crippen LogP contribution in [0.1, 0.15) is 30.6 Å². The van der Waals surface area contributed by atoms with Gasteiger partial charge in [0.2, 0.25) is 0 Å². The number of halogens is 1. The van der Waals surface area contributed by atoms with Crippen LogP contribution < -0.4 is 0 Å². The highest BCUT2D eigenvalue weighted by molar-refractivity contribution is 8.13. The summed E-state index contributed by atoms with van der Waals surface area (Å²) in [5.41, 5.74) is 0.509. The van der Waals surface area contributed by atoms with Crippen molar-refractivity contribution in [2.24, 2.45) is 0 Å². The standard InChI is InChI=1S/C14H16FNO3S/c1-9(17)20-7-5-13(18)14(19)11-3-2-10(4-6-16)8-12(11)15/h2-3,8,13-14,18-19H,4-5,7H2,1H3. The minimum Gasteiger partial charge on any atom is -0.390 e. The molecule has 108 valence electrons. The summed E-state index contributed by atoms with van der Waals surface area (Å²) < 4.78 is 13.8. The quantitative estimate of drug-likeness (QED) is 0.839. The van der Waals surface area contributed by atoms with Gasteiger partial charge in [-0.15, -0.1) is 0 Å². The van der Waals surface area contributed by atoms with E-state index in [-0.39, 0.29) is 23.5 Å². The van der Waals surface area contributed by atoms with E-state index in [1.807, 2.05) is 6.07 Å². The van der Waals surface area contributed by atoms with Crippen molar-refractivity contribution in [3.05, 3.63) is 35.1 Å². The van der Waals surface area contributed by atoms with Crippen LogP contribution in [0.25, 0.3) is 0 Å². The second kappa shape index (κ2) is 8.00. The van der Waals surface area contributed by atoms with Crippen molar-refractivity contribution in [1.82, 2.24) is 0 Å². The molecule has 0 aromatic heterocycles. The molecule has 1 rings (SSSR count). The summed E-state index contributed by atoms with van der Waals surface area (Å²) >= 11 is 1.05. The Kier molecular flexibility index (Phi) is 6.65. The third kappa shape index (κ3) is 4.93. The van der Waals surface area contributed by atoms with Crippen molar-refractivity contribution in [3.8, 4) is 6.07 Å². The second-order valence-corrected chi connectivity index (χ2v) is 5.60. The predicted molar refractivity (Wildman–Crippen MR) is 74.4 cm³/mol. The summed E-state index contributed by atoms with van der Waals surface area (Å²) in [6, 6.07) is 6.00. The molecule has 2 atom stereocenters. The van der Waals surface area contributed by atoms with Gasteiger partial charge in [0, 0.05) is 18.2 Å². The molecule has 0 saturated heterocycles. The lowest BCUT2D eigenvalue weighted by Gasteiger charge is -2.18. The van der Waals surface area contributed by atoms with Gasteiger partial charge in [0.1, 0.15) is 11.9 Å². The number of nitriles is 1. The summed E-state index contributed by atoms with van der Waals surface area (Å²) in [7, 11) is 0. The van der Waals surface area contributed by atoms with Gasteiger partial charge in [-0.3, -0.25) is 4.79 Å². The molecule has 0 saturated carbocycles. The summed E-state index contributed by atoms with van der Waals surface area (Å²) in [6.07, 6.45) is -2.22. The van der Waals surface area contributed by atoms with E-state index in [1.165, 1.54) is 19.1 Å². The summed E-state index contributed by atoms with van der Waals surface area (Å²) in [5, 5.41) is 28.2. The first-order valence-corrected chi connectivity index (χ1v) is 7.09. The number of rotatable bonds is 6. The lowest BCUT2D eigenvalue weighted by Crippen LogP contribution is -2.20. The minimum atomic E-state index is -1.35. The van der Waals surface area contributed by atoms with Crippen molar-refractivity contribution in [3.63, 3.8) is 0 Å². The van der Waals surface area contributed by atoms with Crippen LogP contribution >= 0.6 is 11.8 Å². The number of carbonyl (C=O) groups is 1. The Morgan fingerprint density at radius 1 is 1.50 bits per heavy atom. The van der Waals surface area contributed by atoms with Crippen molar-refractivity contribution in [2.75, 3.05) is 5.75 Å². The smallest absolute Gasteiger partial charge is 0.185 e. The molecular weight excluding hydrogens is 281 g/mol. The average molecular weight is 297 g/mol. The summed E-state index contributed by atoms with van der Waals surface area (Å²) in [4.78, 5) is 10.8. The predicted octanol–water partition coefficient (Wildman–Crippen LogP) is 1.96. The molecule has 20 heavy (non-hydrogen) atoms. The minimum absolute atomic E-state index is 0.00739. The van der Waals surface area contributed by atoms with E-state index < -0.39 is 18.0 Å². The maximum Gasteiger partial charge on any atom is 0.185 e. The van der Waals surface area contributed by atoms with Crippen LogP contribution in [0.4, 0.5) is 4.39 Å². The molecule has 0 aliphatic carbocycles. The molecule has 0 aliphatic rings. The van der Waals surface area contributed by atoms with E-state index in [4.69, 9.17) is 5.26 Å². The van der Waals surface area contributed by atoms with Crippen LogP contribution in [0.2, 0.25) is 0 Å². The number of thioether (sulfide) groups is 1. The van der Waals surface area contributed by atoms with E-state index in [0.29, 0.717) is 11.3 Å². The van der Waals surface area contributed by atoms with Gasteiger partial charge in [-0.05, 0) is 18.1 Å². The Labute approximate surface area is 121 Å². The largest absolute Gasteiger partial charge is 0.390 e. The first-order valence-electron chi connectivity index (χ1n) is 6.10. The fourth-order valence-electron chi connectivity index (χ4n) is 1.70. The first kappa shape index (κ1) is 16.6. The number of aliphatic hydroxyl groups is 2. The molecule has 0 heterocycles. The monoisotopic (exact) mass is 297 g/mol. The van der Waals surface area contributed by atoms with Gasteiger partial charge < -0.3 is 10.2 Å². The van der Waals surface area contributed by atoms with E-state index in [0.717, 1.165) is 11.8 Å².